The predicted octanol–water partition coefficient (Wildman–Crippen LogP) is 3.02. The largest absolute Gasteiger partial charge is 0.316 e. The molecule has 0 aliphatic heterocycles. The van der Waals surface area contributed by atoms with Gasteiger partial charge in [0.15, 0.2) is 0 Å². The summed E-state index contributed by atoms with van der Waals surface area (Å²) in [6.07, 6.45) is 4.12. The van der Waals surface area contributed by atoms with Crippen LogP contribution in [0.5, 0.6) is 0 Å². The number of thiol groups is 1. The molecule has 29 heavy (non-hydrogen) atoms. The monoisotopic (exact) mass is 420 g/mol. The maximum atomic E-state index is 14.9. The van der Waals surface area contributed by atoms with Crippen LogP contribution in [0.25, 0.3) is 0 Å². The normalized spacial score (nSPS) is 22.5. The van der Waals surface area contributed by atoms with Gasteiger partial charge in [0.25, 0.3) is 0 Å². The molecule has 4 nitrogen and oxygen atoms in total. The molecule has 0 aromatic heterocycles. The minimum Gasteiger partial charge on any atom is -0.316 e. The minimum absolute atomic E-state index is 0.109. The first-order valence-corrected chi connectivity index (χ1v) is 11.2. The first kappa shape index (κ1) is 20.4. The topological polar surface area (TPSA) is 58.2 Å². The van der Waals surface area contributed by atoms with Crippen molar-refractivity contribution < 1.29 is 17.2 Å². The van der Waals surface area contributed by atoms with Crippen molar-refractivity contribution in [1.29, 1.82) is 0 Å². The summed E-state index contributed by atoms with van der Waals surface area (Å²) >= 11 is 0. The van der Waals surface area contributed by atoms with Crippen molar-refractivity contribution in [2.24, 2.45) is 0 Å². The fourth-order valence-electron chi connectivity index (χ4n) is 4.89. The molecule has 0 bridgehead atoms. The number of nitrogens with one attached hydrogen (secondary N) is 2. The van der Waals surface area contributed by atoms with Crippen LogP contribution >= 0.6 is 0 Å². The Balaban J connectivity index is 1.65. The second-order valence-electron chi connectivity index (χ2n) is 8.36. The van der Waals surface area contributed by atoms with Crippen LogP contribution in [-0.4, -0.2) is 27.0 Å². The van der Waals surface area contributed by atoms with E-state index in [-0.39, 0.29) is 23.6 Å². The van der Waals surface area contributed by atoms with Crippen molar-refractivity contribution in [3.8, 4) is 0 Å². The fourth-order valence-corrected chi connectivity index (χ4v) is 5.58. The Morgan fingerprint density at radius 2 is 1.97 bits per heavy atom. The van der Waals surface area contributed by atoms with Gasteiger partial charge in [-0.3, -0.25) is 0 Å². The Morgan fingerprint density at radius 1 is 1.17 bits per heavy atom. The highest BCUT2D eigenvalue weighted by Crippen LogP contribution is 2.40. The number of fused-ring (bicyclic) bond motifs is 1. The molecule has 0 heterocycles. The van der Waals surface area contributed by atoms with Gasteiger partial charge in [-0.25, -0.2) is 21.9 Å². The smallest absolute Gasteiger partial charge is 0.201 e. The molecule has 2 aliphatic carbocycles. The lowest BCUT2D eigenvalue weighted by Crippen LogP contribution is -2.52. The molecule has 156 valence electrons. The molecule has 2 aromatic rings. The van der Waals surface area contributed by atoms with Crippen LogP contribution in [0.2, 0.25) is 0 Å². The molecule has 0 saturated heterocycles. The summed E-state index contributed by atoms with van der Waals surface area (Å²) in [7, 11) is -0.834. The summed E-state index contributed by atoms with van der Waals surface area (Å²) in [5.74, 6) is -0.428. The Kier molecular flexibility index (Phi) is 5.73. The summed E-state index contributed by atoms with van der Waals surface area (Å²) in [5.41, 5.74) is 2.94. The highest BCUT2D eigenvalue weighted by molar-refractivity contribution is 7.70. The third-order valence-electron chi connectivity index (χ3n) is 6.52. The van der Waals surface area contributed by atoms with Gasteiger partial charge in [0.05, 0.1) is 0 Å². The lowest BCUT2D eigenvalue weighted by molar-refractivity contribution is 0.220. The average Bonchev–Trinajstić information content (AvgIpc) is 2.96. The van der Waals surface area contributed by atoms with Gasteiger partial charge < -0.3 is 5.32 Å². The van der Waals surface area contributed by atoms with Crippen LogP contribution in [0.15, 0.2) is 36.4 Å². The van der Waals surface area contributed by atoms with E-state index in [1.807, 2.05) is 19.2 Å². The molecule has 2 N–H and O–H groups in total. The lowest BCUT2D eigenvalue weighted by Gasteiger charge is -2.41. The van der Waals surface area contributed by atoms with Crippen LogP contribution in [0.4, 0.5) is 8.78 Å². The molecule has 7 heteroatoms. The van der Waals surface area contributed by atoms with E-state index in [2.05, 4.69) is 10.0 Å². The number of halogens is 2. The van der Waals surface area contributed by atoms with E-state index < -0.39 is 16.4 Å². The van der Waals surface area contributed by atoms with E-state index in [1.165, 1.54) is 6.07 Å². The zero-order valence-corrected chi connectivity index (χ0v) is 17.3. The Bertz CT molecular complexity index is 981. The third-order valence-corrected chi connectivity index (χ3v) is 7.17. The first-order chi connectivity index (χ1) is 13.9. The molecule has 2 atom stereocenters. The molecule has 4 rings (SSSR count). The van der Waals surface area contributed by atoms with Crippen LogP contribution in [0, 0.1) is 11.6 Å². The zero-order chi connectivity index (χ0) is 20.6. The quantitative estimate of drug-likeness (QED) is 0.604. The van der Waals surface area contributed by atoms with E-state index in [0.29, 0.717) is 18.4 Å². The molecule has 2 unspecified atom stereocenters. The maximum absolute atomic E-state index is 14.9. The molecule has 1 fully saturated rings. The van der Waals surface area contributed by atoms with Gasteiger partial charge in [-0.15, -0.1) is 0 Å². The summed E-state index contributed by atoms with van der Waals surface area (Å²) in [4.78, 5) is 0. The summed E-state index contributed by atoms with van der Waals surface area (Å²) in [6, 6.07) is 10.3. The summed E-state index contributed by atoms with van der Waals surface area (Å²) in [6.45, 7) is 0. The zero-order valence-electron chi connectivity index (χ0n) is 16.4. The van der Waals surface area contributed by atoms with E-state index in [1.54, 1.807) is 18.2 Å². The maximum Gasteiger partial charge on any atom is 0.201 e. The summed E-state index contributed by atoms with van der Waals surface area (Å²) in [5, 5.41) is 3.32. The lowest BCUT2D eigenvalue weighted by atomic mass is 9.73. The second kappa shape index (κ2) is 8.13. The van der Waals surface area contributed by atoms with Gasteiger partial charge >= 0.3 is 0 Å². The number of likely N-dealkylation sites (N-methyl/N-ethyl adjacent to an activating group) is 1. The predicted molar refractivity (Wildman–Crippen MR) is 110 cm³/mol. The molecule has 1 saturated carbocycles. The van der Waals surface area contributed by atoms with Gasteiger partial charge in [0.1, 0.15) is 11.6 Å². The Labute approximate surface area is 171 Å². The molecular weight excluding hydrogens is 394 g/mol. The van der Waals surface area contributed by atoms with E-state index in [9.17, 15) is 17.2 Å². The van der Waals surface area contributed by atoms with Crippen molar-refractivity contribution in [3.05, 3.63) is 70.3 Å². The third kappa shape index (κ3) is 4.22. The average molecular weight is 421 g/mol. The van der Waals surface area contributed by atoms with Gasteiger partial charge in [-0.1, -0.05) is 18.2 Å². The molecule has 0 radical (unpaired) electrons. The number of hydrogen-bond acceptors (Lipinski definition) is 3. The minimum atomic E-state index is -2.73. The molecular formula is C22H26F2N2O2S. The molecule has 2 aliphatic rings. The number of rotatable bonds is 7. The van der Waals surface area contributed by atoms with E-state index in [0.717, 1.165) is 42.4 Å². The van der Waals surface area contributed by atoms with Gasteiger partial charge in [-0.2, -0.15) is 0 Å². The van der Waals surface area contributed by atoms with Gasteiger partial charge in [0, 0.05) is 17.5 Å². The van der Waals surface area contributed by atoms with Crippen LogP contribution in [0.1, 0.15) is 47.4 Å². The number of benzene rings is 2. The van der Waals surface area contributed by atoms with Crippen molar-refractivity contribution >= 4 is 10.9 Å². The summed E-state index contributed by atoms with van der Waals surface area (Å²) < 4.78 is 53.6. The number of hydrogen-bond donors (Lipinski definition) is 3. The van der Waals surface area contributed by atoms with Crippen LogP contribution in [-0.2, 0) is 30.2 Å². The Morgan fingerprint density at radius 3 is 2.59 bits per heavy atom. The van der Waals surface area contributed by atoms with E-state index in [4.69, 9.17) is 0 Å². The van der Waals surface area contributed by atoms with Crippen molar-refractivity contribution in [3.63, 3.8) is 0 Å². The fraction of sp³-hybridized carbons (Fsp3) is 0.455. The highest BCUT2D eigenvalue weighted by atomic mass is 32.2. The Hall–Kier alpha value is -1.83. The first-order valence-electron chi connectivity index (χ1n) is 10.0. The van der Waals surface area contributed by atoms with Crippen molar-refractivity contribution in [1.82, 2.24) is 10.0 Å². The standard InChI is InChI=1S/C22H26F2N2O2S/c1-25-21-12-15-11-20(24)16(13-22(6-3-7-22)26-29(27)28)10-18(15)19(21)9-14-4-2-5-17(23)8-14/h2,4-5,8,10-11,19,21,25,29H,3,6-7,9,12-13H2,1H3,(H,26,27,28). The van der Waals surface area contributed by atoms with E-state index >= 15 is 0 Å². The van der Waals surface area contributed by atoms with Gasteiger partial charge in [0.2, 0.25) is 10.9 Å². The van der Waals surface area contributed by atoms with Crippen LogP contribution < -0.4 is 10.0 Å². The van der Waals surface area contributed by atoms with Crippen molar-refractivity contribution in [2.75, 3.05) is 7.05 Å². The molecule has 2 aromatic carbocycles. The van der Waals surface area contributed by atoms with Crippen molar-refractivity contribution in [2.45, 2.75) is 56.0 Å². The second-order valence-corrected chi connectivity index (χ2v) is 9.10. The van der Waals surface area contributed by atoms with Gasteiger partial charge in [-0.05, 0) is 86.0 Å². The molecule has 0 spiro atoms. The molecule has 0 amide bonds. The highest BCUT2D eigenvalue weighted by Gasteiger charge is 2.39. The van der Waals surface area contributed by atoms with Crippen LogP contribution in [0.3, 0.4) is 0 Å². The SMILES string of the molecule is CNC1Cc2cc(F)c(CC3(N[SH](=O)=O)CCC3)cc2C1Cc1cccc(F)c1.